The molecule has 0 fully saturated rings. The molecule has 1 aromatic rings. The SMILES string of the molecule is CN1CC=C2C(C(=O)O)=C(N)C(C#N)(C#N)C(c3ccncc3)C2C1. The van der Waals surface area contributed by atoms with Crippen molar-refractivity contribution in [2.75, 3.05) is 20.1 Å². The molecule has 25 heavy (non-hydrogen) atoms. The highest BCUT2D eigenvalue weighted by molar-refractivity contribution is 5.94. The lowest BCUT2D eigenvalue weighted by atomic mass is 9.58. The largest absolute Gasteiger partial charge is 0.478 e. The number of nitrogens with two attached hydrogens (primary N) is 1. The number of likely N-dealkylation sites (N-methyl/N-ethyl adjacent to an activating group) is 1. The van der Waals surface area contributed by atoms with Crippen molar-refractivity contribution in [3.8, 4) is 12.1 Å². The fraction of sp³-hybridized carbons (Fsp3) is 0.333. The molecule has 2 aliphatic rings. The Morgan fingerprint density at radius 3 is 2.60 bits per heavy atom. The maximum Gasteiger partial charge on any atom is 0.337 e. The van der Waals surface area contributed by atoms with Crippen molar-refractivity contribution in [1.82, 2.24) is 9.88 Å². The normalized spacial score (nSPS) is 25.3. The van der Waals surface area contributed by atoms with Crippen molar-refractivity contribution in [1.29, 1.82) is 10.5 Å². The first-order valence-corrected chi connectivity index (χ1v) is 7.81. The standard InChI is InChI=1S/C18H17N5O2/c1-23-7-4-12-13(8-23)15(11-2-5-22-6-3-11)18(9-19,10-20)16(21)14(12)17(24)25/h2-6,13,15H,7-8,21H2,1H3,(H,24,25). The molecule has 0 aromatic carbocycles. The first-order valence-electron chi connectivity index (χ1n) is 7.81. The number of hydrogen-bond acceptors (Lipinski definition) is 6. The summed E-state index contributed by atoms with van der Waals surface area (Å²) in [7, 11) is 1.92. The monoisotopic (exact) mass is 335 g/mol. The third kappa shape index (κ3) is 2.37. The summed E-state index contributed by atoms with van der Waals surface area (Å²) in [5.41, 5.74) is 5.46. The molecule has 1 aromatic heterocycles. The van der Waals surface area contributed by atoms with Crippen LogP contribution in [0.4, 0.5) is 0 Å². The average Bonchev–Trinajstić information content (AvgIpc) is 2.61. The van der Waals surface area contributed by atoms with E-state index in [1.54, 1.807) is 24.5 Å². The van der Waals surface area contributed by atoms with Gasteiger partial charge in [-0.2, -0.15) is 10.5 Å². The number of aromatic nitrogens is 1. The van der Waals surface area contributed by atoms with Gasteiger partial charge in [-0.3, -0.25) is 4.98 Å². The van der Waals surface area contributed by atoms with Gasteiger partial charge in [0.2, 0.25) is 0 Å². The number of nitrogens with zero attached hydrogens (tertiary/aromatic N) is 4. The molecule has 0 spiro atoms. The molecule has 0 radical (unpaired) electrons. The number of hydrogen-bond donors (Lipinski definition) is 2. The Kier molecular flexibility index (Phi) is 4.03. The molecule has 7 heteroatoms. The third-order valence-electron chi connectivity index (χ3n) is 5.01. The summed E-state index contributed by atoms with van der Waals surface area (Å²) in [4.78, 5) is 17.9. The molecule has 2 heterocycles. The Morgan fingerprint density at radius 2 is 2.04 bits per heavy atom. The minimum atomic E-state index is -1.74. The van der Waals surface area contributed by atoms with Crippen LogP contribution in [-0.4, -0.2) is 41.1 Å². The van der Waals surface area contributed by atoms with E-state index in [4.69, 9.17) is 5.73 Å². The second kappa shape index (κ2) is 6.04. The first kappa shape index (κ1) is 16.7. The summed E-state index contributed by atoms with van der Waals surface area (Å²) in [5, 5.41) is 29.4. The smallest absolute Gasteiger partial charge is 0.337 e. The van der Waals surface area contributed by atoms with Crippen molar-refractivity contribution in [2.24, 2.45) is 17.1 Å². The second-order valence-electron chi connectivity index (χ2n) is 6.37. The topological polar surface area (TPSA) is 127 Å². The lowest BCUT2D eigenvalue weighted by molar-refractivity contribution is -0.132. The molecular formula is C18H17N5O2. The second-order valence-corrected chi connectivity index (χ2v) is 6.37. The van der Waals surface area contributed by atoms with Gasteiger partial charge in [-0.25, -0.2) is 4.79 Å². The van der Waals surface area contributed by atoms with E-state index < -0.39 is 17.3 Å². The highest BCUT2D eigenvalue weighted by atomic mass is 16.4. The van der Waals surface area contributed by atoms with Gasteiger partial charge in [-0.05, 0) is 30.3 Å². The van der Waals surface area contributed by atoms with E-state index in [0.29, 0.717) is 18.7 Å². The van der Waals surface area contributed by atoms with Crippen molar-refractivity contribution in [2.45, 2.75) is 5.92 Å². The van der Waals surface area contributed by atoms with Crippen LogP contribution in [0.3, 0.4) is 0 Å². The molecule has 0 amide bonds. The molecule has 7 nitrogen and oxygen atoms in total. The van der Waals surface area contributed by atoms with Crippen LogP contribution in [0.1, 0.15) is 11.5 Å². The van der Waals surface area contributed by atoms with Crippen LogP contribution in [0.2, 0.25) is 0 Å². The van der Waals surface area contributed by atoms with Crippen molar-refractivity contribution in [3.05, 3.63) is 53.0 Å². The lowest BCUT2D eigenvalue weighted by Crippen LogP contribution is -2.48. The van der Waals surface area contributed by atoms with Gasteiger partial charge in [-0.1, -0.05) is 6.08 Å². The third-order valence-corrected chi connectivity index (χ3v) is 5.01. The van der Waals surface area contributed by atoms with E-state index in [-0.39, 0.29) is 17.2 Å². The number of fused-ring (bicyclic) bond motifs is 1. The Morgan fingerprint density at radius 1 is 1.40 bits per heavy atom. The maximum absolute atomic E-state index is 11.8. The van der Waals surface area contributed by atoms with Crippen LogP contribution in [-0.2, 0) is 4.79 Å². The summed E-state index contributed by atoms with van der Waals surface area (Å²) in [6, 6.07) is 7.55. The number of pyridine rings is 1. The van der Waals surface area contributed by atoms with Gasteiger partial charge in [-0.15, -0.1) is 0 Å². The van der Waals surface area contributed by atoms with Gasteiger partial charge >= 0.3 is 5.97 Å². The molecule has 0 bridgehead atoms. The van der Waals surface area contributed by atoms with E-state index in [1.807, 2.05) is 30.2 Å². The summed E-state index contributed by atoms with van der Waals surface area (Å²) in [5.74, 6) is -2.09. The zero-order valence-electron chi connectivity index (χ0n) is 13.7. The fourth-order valence-corrected chi connectivity index (χ4v) is 3.88. The molecule has 3 rings (SSSR count). The Labute approximate surface area is 145 Å². The zero-order chi connectivity index (χ0) is 18.2. The number of aliphatic carboxylic acids is 1. The molecule has 126 valence electrons. The zero-order valence-corrected chi connectivity index (χ0v) is 13.7. The summed E-state index contributed by atoms with van der Waals surface area (Å²) >= 11 is 0. The van der Waals surface area contributed by atoms with Crippen LogP contribution >= 0.6 is 0 Å². The van der Waals surface area contributed by atoms with Crippen LogP contribution in [0.15, 0.2) is 47.4 Å². The molecule has 1 aliphatic heterocycles. The van der Waals surface area contributed by atoms with Gasteiger partial charge in [0.15, 0.2) is 5.41 Å². The number of nitriles is 2. The summed E-state index contributed by atoms with van der Waals surface area (Å²) in [6.45, 7) is 1.12. The lowest BCUT2D eigenvalue weighted by Gasteiger charge is -2.45. The van der Waals surface area contributed by atoms with Crippen LogP contribution in [0, 0.1) is 34.0 Å². The van der Waals surface area contributed by atoms with Crippen molar-refractivity contribution in [3.63, 3.8) is 0 Å². The molecule has 0 saturated heterocycles. The molecule has 2 unspecified atom stereocenters. The molecular weight excluding hydrogens is 318 g/mol. The fourth-order valence-electron chi connectivity index (χ4n) is 3.88. The Hall–Kier alpha value is -3.16. The van der Waals surface area contributed by atoms with Gasteiger partial charge in [0.05, 0.1) is 23.4 Å². The van der Waals surface area contributed by atoms with E-state index in [0.717, 1.165) is 5.56 Å². The van der Waals surface area contributed by atoms with Crippen molar-refractivity contribution < 1.29 is 9.90 Å². The first-order chi connectivity index (χ1) is 12.0. The molecule has 1 aliphatic carbocycles. The molecule has 2 atom stereocenters. The van der Waals surface area contributed by atoms with Crippen LogP contribution in [0.5, 0.6) is 0 Å². The molecule has 0 saturated carbocycles. The minimum absolute atomic E-state index is 0.105. The predicted octanol–water partition coefficient (Wildman–Crippen LogP) is 0.998. The van der Waals surface area contributed by atoms with Gasteiger partial charge in [0.25, 0.3) is 0 Å². The van der Waals surface area contributed by atoms with Crippen molar-refractivity contribution >= 4 is 5.97 Å². The van der Waals surface area contributed by atoms with E-state index >= 15 is 0 Å². The highest BCUT2D eigenvalue weighted by Gasteiger charge is 2.55. The maximum atomic E-state index is 11.8. The quantitative estimate of drug-likeness (QED) is 0.825. The van der Waals surface area contributed by atoms with Gasteiger partial charge in [0, 0.05) is 37.3 Å². The van der Waals surface area contributed by atoms with E-state index in [1.165, 1.54) is 0 Å². The highest BCUT2D eigenvalue weighted by Crippen LogP contribution is 2.54. The number of carboxylic acid groups (broad SMARTS) is 1. The number of allylic oxidation sites excluding steroid dienone is 1. The average molecular weight is 335 g/mol. The van der Waals surface area contributed by atoms with E-state index in [2.05, 4.69) is 4.98 Å². The van der Waals surface area contributed by atoms with E-state index in [9.17, 15) is 20.4 Å². The number of carbonyl (C=O) groups is 1. The van der Waals surface area contributed by atoms with Gasteiger partial charge < -0.3 is 15.7 Å². The summed E-state index contributed by atoms with van der Waals surface area (Å²) < 4.78 is 0. The minimum Gasteiger partial charge on any atom is -0.478 e. The number of rotatable bonds is 2. The summed E-state index contributed by atoms with van der Waals surface area (Å²) in [6.07, 6.45) is 5.02. The Bertz CT molecular complexity index is 846. The van der Waals surface area contributed by atoms with Crippen LogP contribution < -0.4 is 5.73 Å². The van der Waals surface area contributed by atoms with Crippen LogP contribution in [0.25, 0.3) is 0 Å². The Balaban J connectivity index is 2.35. The predicted molar refractivity (Wildman–Crippen MR) is 88.6 cm³/mol. The molecule has 3 N–H and O–H groups in total. The number of carboxylic acids is 1. The van der Waals surface area contributed by atoms with Gasteiger partial charge in [0.1, 0.15) is 0 Å².